The lowest BCUT2D eigenvalue weighted by Crippen LogP contribution is -2.31. The summed E-state index contributed by atoms with van der Waals surface area (Å²) in [5, 5.41) is 6.16. The van der Waals surface area contributed by atoms with E-state index in [0.717, 1.165) is 30.8 Å². The number of benzene rings is 1. The van der Waals surface area contributed by atoms with E-state index in [4.69, 9.17) is 0 Å². The topological polar surface area (TPSA) is 74.3 Å². The number of carbonyl (C=O) groups excluding carboxylic acids is 2. The molecule has 146 valence electrons. The molecule has 1 fully saturated rings. The molecule has 1 saturated heterocycles. The molecular weight excluding hydrogens is 387 g/mol. The molecule has 1 aromatic carbocycles. The van der Waals surface area contributed by atoms with Gasteiger partial charge in [0, 0.05) is 43.8 Å². The van der Waals surface area contributed by atoms with Gasteiger partial charge in [-0.25, -0.2) is 0 Å². The third kappa shape index (κ3) is 5.92. The van der Waals surface area contributed by atoms with Gasteiger partial charge in [0.2, 0.25) is 5.91 Å². The second kappa shape index (κ2) is 10.9. The van der Waals surface area contributed by atoms with E-state index >= 15 is 0 Å². The summed E-state index contributed by atoms with van der Waals surface area (Å²) in [6.07, 6.45) is 4.10. The van der Waals surface area contributed by atoms with Crippen LogP contribution in [0.1, 0.15) is 22.3 Å². The average Bonchev–Trinajstić information content (AvgIpc) is 3.21. The molecule has 1 aromatic heterocycles. The van der Waals surface area contributed by atoms with Crippen LogP contribution in [-0.4, -0.2) is 36.9 Å². The molecule has 2 heterocycles. The van der Waals surface area contributed by atoms with Crippen LogP contribution in [0, 0.1) is 5.92 Å². The fourth-order valence-electron chi connectivity index (χ4n) is 2.85. The summed E-state index contributed by atoms with van der Waals surface area (Å²) in [5.74, 6) is 0.0830. The summed E-state index contributed by atoms with van der Waals surface area (Å²) in [6, 6.07) is 11.0. The summed E-state index contributed by atoms with van der Waals surface area (Å²) >= 11 is 0. The Kier molecular flexibility index (Phi) is 9.21. The number of carbonyl (C=O) groups is 2. The molecule has 1 atom stereocenters. The molecule has 27 heavy (non-hydrogen) atoms. The van der Waals surface area contributed by atoms with Crippen molar-refractivity contribution in [3.8, 4) is 0 Å². The molecule has 3 rings (SSSR count). The van der Waals surface area contributed by atoms with Crippen LogP contribution < -0.4 is 15.5 Å². The minimum atomic E-state index is -0.0859. The van der Waals surface area contributed by atoms with Crippen molar-refractivity contribution in [3.63, 3.8) is 0 Å². The van der Waals surface area contributed by atoms with E-state index in [-0.39, 0.29) is 42.5 Å². The zero-order valence-electron chi connectivity index (χ0n) is 15.1. The number of nitrogens with zero attached hydrogens (tertiary/aromatic N) is 2. The van der Waals surface area contributed by atoms with E-state index in [2.05, 4.69) is 15.6 Å². The second-order valence-electron chi connectivity index (χ2n) is 6.17. The lowest BCUT2D eigenvalue weighted by molar-refractivity contribution is -0.124. The Morgan fingerprint density at radius 2 is 1.81 bits per heavy atom. The maximum Gasteiger partial charge on any atom is 0.258 e. The van der Waals surface area contributed by atoms with Crippen LogP contribution >= 0.6 is 24.8 Å². The first-order valence-electron chi connectivity index (χ1n) is 8.40. The van der Waals surface area contributed by atoms with Crippen LogP contribution in [0.15, 0.2) is 48.8 Å². The molecule has 2 N–H and O–H groups in total. The Morgan fingerprint density at radius 3 is 2.41 bits per heavy atom. The first kappa shape index (κ1) is 22.9. The van der Waals surface area contributed by atoms with Gasteiger partial charge in [-0.2, -0.15) is 0 Å². The van der Waals surface area contributed by atoms with Crippen LogP contribution in [0.2, 0.25) is 0 Å². The van der Waals surface area contributed by atoms with Gasteiger partial charge < -0.3 is 15.5 Å². The smallest absolute Gasteiger partial charge is 0.258 e. The molecule has 6 nitrogen and oxygen atoms in total. The predicted molar refractivity (Wildman–Crippen MR) is 111 cm³/mol. The second-order valence-corrected chi connectivity index (χ2v) is 6.17. The fourth-order valence-corrected chi connectivity index (χ4v) is 2.85. The monoisotopic (exact) mass is 410 g/mol. The van der Waals surface area contributed by atoms with E-state index < -0.39 is 0 Å². The summed E-state index contributed by atoms with van der Waals surface area (Å²) in [5.41, 5.74) is 2.41. The lowest BCUT2D eigenvalue weighted by atomic mass is 10.1. The van der Waals surface area contributed by atoms with Crippen molar-refractivity contribution in [1.82, 2.24) is 15.6 Å². The Morgan fingerprint density at radius 1 is 1.15 bits per heavy atom. The molecule has 8 heteroatoms. The number of amides is 2. The average molecular weight is 411 g/mol. The zero-order chi connectivity index (χ0) is 17.6. The quantitative estimate of drug-likeness (QED) is 0.793. The first-order valence-corrected chi connectivity index (χ1v) is 8.40. The number of anilines is 1. The van der Waals surface area contributed by atoms with Gasteiger partial charge in [0.1, 0.15) is 0 Å². The highest BCUT2D eigenvalue weighted by Gasteiger charge is 2.21. The van der Waals surface area contributed by atoms with Crippen LogP contribution in [0.5, 0.6) is 0 Å². The molecule has 2 amide bonds. The summed E-state index contributed by atoms with van der Waals surface area (Å²) < 4.78 is 0. The van der Waals surface area contributed by atoms with Crippen molar-refractivity contribution in [2.24, 2.45) is 5.92 Å². The van der Waals surface area contributed by atoms with E-state index in [0.29, 0.717) is 12.1 Å². The van der Waals surface area contributed by atoms with Crippen LogP contribution in [-0.2, 0) is 11.3 Å². The molecule has 0 saturated carbocycles. The summed E-state index contributed by atoms with van der Waals surface area (Å²) in [7, 11) is 1.74. The van der Waals surface area contributed by atoms with Crippen molar-refractivity contribution >= 4 is 42.3 Å². The fraction of sp³-hybridized carbons (Fsp3) is 0.316. The van der Waals surface area contributed by atoms with Crippen molar-refractivity contribution in [1.29, 1.82) is 0 Å². The van der Waals surface area contributed by atoms with Crippen molar-refractivity contribution in [2.45, 2.75) is 13.0 Å². The van der Waals surface area contributed by atoms with Crippen LogP contribution in [0.4, 0.5) is 5.69 Å². The van der Waals surface area contributed by atoms with Crippen LogP contribution in [0.25, 0.3) is 0 Å². The van der Waals surface area contributed by atoms with Gasteiger partial charge in [-0.05, 0) is 42.8 Å². The maximum absolute atomic E-state index is 12.4. The number of hydrogen-bond donors (Lipinski definition) is 2. The lowest BCUT2D eigenvalue weighted by Gasteiger charge is -2.18. The first-order chi connectivity index (χ1) is 12.1. The highest BCUT2D eigenvalue weighted by Crippen LogP contribution is 2.17. The highest BCUT2D eigenvalue weighted by atomic mass is 35.5. The molecule has 0 spiro atoms. The number of halogens is 2. The normalized spacial score (nSPS) is 15.2. The number of pyridine rings is 1. The van der Waals surface area contributed by atoms with E-state index in [1.54, 1.807) is 36.5 Å². The molecule has 2 aromatic rings. The summed E-state index contributed by atoms with van der Waals surface area (Å²) in [6.45, 7) is 2.16. The summed E-state index contributed by atoms with van der Waals surface area (Å²) in [4.78, 5) is 30.0. The largest absolute Gasteiger partial charge is 0.352 e. The molecule has 1 aliphatic rings. The van der Waals surface area contributed by atoms with E-state index in [1.165, 1.54) is 0 Å². The van der Waals surface area contributed by atoms with Crippen molar-refractivity contribution in [2.75, 3.05) is 25.0 Å². The molecule has 0 bridgehead atoms. The predicted octanol–water partition coefficient (Wildman–Crippen LogP) is 2.43. The van der Waals surface area contributed by atoms with Crippen molar-refractivity contribution in [3.05, 3.63) is 59.9 Å². The van der Waals surface area contributed by atoms with Gasteiger partial charge in [0.25, 0.3) is 5.91 Å². The molecule has 1 aliphatic heterocycles. The molecule has 0 aliphatic carbocycles. The molecule has 1 unspecified atom stereocenters. The Balaban J connectivity index is 0.00000182. The number of hydrogen-bond acceptors (Lipinski definition) is 4. The number of aromatic nitrogens is 1. The highest BCUT2D eigenvalue weighted by molar-refractivity contribution is 6.05. The van der Waals surface area contributed by atoms with Gasteiger partial charge in [-0.3, -0.25) is 14.6 Å². The minimum absolute atomic E-state index is 0. The number of nitrogens with one attached hydrogen (secondary N) is 2. The Labute approximate surface area is 171 Å². The Hall–Kier alpha value is -2.15. The van der Waals surface area contributed by atoms with Crippen molar-refractivity contribution < 1.29 is 9.59 Å². The SMILES string of the molecule is CN(C(=O)c1ccncc1)c1ccc(CNC(=O)C2CCNC2)cc1.Cl.Cl. The van der Waals surface area contributed by atoms with Gasteiger partial charge in [-0.1, -0.05) is 12.1 Å². The van der Waals surface area contributed by atoms with Gasteiger partial charge in [-0.15, -0.1) is 24.8 Å². The zero-order valence-corrected chi connectivity index (χ0v) is 16.7. The van der Waals surface area contributed by atoms with E-state index in [1.807, 2.05) is 24.3 Å². The van der Waals surface area contributed by atoms with Gasteiger partial charge in [0.05, 0.1) is 5.92 Å². The molecule has 0 radical (unpaired) electrons. The van der Waals surface area contributed by atoms with E-state index in [9.17, 15) is 9.59 Å². The molecular formula is C19H24Cl2N4O2. The van der Waals surface area contributed by atoms with Gasteiger partial charge >= 0.3 is 0 Å². The van der Waals surface area contributed by atoms with Crippen LogP contribution in [0.3, 0.4) is 0 Å². The third-order valence-corrected chi connectivity index (χ3v) is 4.45. The third-order valence-electron chi connectivity index (χ3n) is 4.45. The minimum Gasteiger partial charge on any atom is -0.352 e. The Bertz CT molecular complexity index is 735. The number of rotatable bonds is 5. The van der Waals surface area contributed by atoms with Gasteiger partial charge in [0.15, 0.2) is 0 Å². The maximum atomic E-state index is 12.4. The standard InChI is InChI=1S/C19H22N4O2.2ClH/c1-23(19(25)15-6-9-20-10-7-15)17-4-2-14(3-5-17)12-22-18(24)16-8-11-21-13-16;;/h2-7,9-10,16,21H,8,11-13H2,1H3,(H,22,24);2*1H.